The topological polar surface area (TPSA) is 83.0 Å². The molecule has 0 spiro atoms. The van der Waals surface area contributed by atoms with Crippen LogP contribution in [0.1, 0.15) is 71.6 Å². The zero-order chi connectivity index (χ0) is 18.1. The molecule has 1 unspecified atom stereocenters. The number of nitrogens with zero attached hydrogens (tertiary/aromatic N) is 1. The van der Waals surface area contributed by atoms with Gasteiger partial charge in [-0.3, -0.25) is 4.79 Å². The predicted octanol–water partition coefficient (Wildman–Crippen LogP) is 3.33. The average molecular weight is 354 g/mol. The molecule has 0 aromatic heterocycles. The molecule has 0 radical (unpaired) electrons. The van der Waals surface area contributed by atoms with Crippen LogP contribution in [-0.4, -0.2) is 36.2 Å². The number of carboxylic acid groups (broad SMARTS) is 1. The first-order valence-corrected chi connectivity index (χ1v) is 9.97. The highest BCUT2D eigenvalue weighted by molar-refractivity contribution is 5.83. The van der Waals surface area contributed by atoms with Crippen molar-refractivity contribution in [3.8, 4) is 0 Å². The van der Waals surface area contributed by atoms with E-state index in [-0.39, 0.29) is 18.5 Å². The van der Waals surface area contributed by atoms with Gasteiger partial charge in [0, 0.05) is 12.5 Å². The molecule has 1 aliphatic heterocycles. The number of rotatable bonds is 11. The summed E-state index contributed by atoms with van der Waals surface area (Å²) in [6, 6.07) is 0. The number of aliphatic carboxylic acids is 1. The molecular formula is C19H35N3O3. The van der Waals surface area contributed by atoms with Gasteiger partial charge in [0.25, 0.3) is 0 Å². The largest absolute Gasteiger partial charge is 0.481 e. The van der Waals surface area contributed by atoms with Crippen molar-refractivity contribution in [1.82, 2.24) is 10.8 Å². The fourth-order valence-corrected chi connectivity index (χ4v) is 3.77. The summed E-state index contributed by atoms with van der Waals surface area (Å²) >= 11 is 0. The van der Waals surface area contributed by atoms with Gasteiger partial charge in [0.05, 0.1) is 6.42 Å². The van der Waals surface area contributed by atoms with Crippen molar-refractivity contribution in [2.24, 2.45) is 22.7 Å². The molecule has 0 aromatic carbocycles. The molecule has 0 saturated heterocycles. The summed E-state index contributed by atoms with van der Waals surface area (Å²) in [4.78, 5) is 21.3. The SMILES string of the molecule is CC(C)CNCC1N=C([C@H](CCCC2CCCCC2)CC(=O)O)ON1. The summed E-state index contributed by atoms with van der Waals surface area (Å²) in [5, 5.41) is 12.6. The molecule has 0 amide bonds. The Morgan fingerprint density at radius 2 is 2.12 bits per heavy atom. The number of hydroxylamine groups is 1. The smallest absolute Gasteiger partial charge is 0.304 e. The van der Waals surface area contributed by atoms with Crippen molar-refractivity contribution in [3.05, 3.63) is 0 Å². The maximum Gasteiger partial charge on any atom is 0.304 e. The monoisotopic (exact) mass is 353 g/mol. The fraction of sp³-hybridized carbons (Fsp3) is 0.895. The Morgan fingerprint density at radius 3 is 2.80 bits per heavy atom. The van der Waals surface area contributed by atoms with E-state index in [1.54, 1.807) is 0 Å². The van der Waals surface area contributed by atoms with Gasteiger partial charge in [0.15, 0.2) is 0 Å². The van der Waals surface area contributed by atoms with E-state index < -0.39 is 5.97 Å². The van der Waals surface area contributed by atoms with Gasteiger partial charge in [-0.2, -0.15) is 0 Å². The molecular weight excluding hydrogens is 318 g/mol. The fourth-order valence-electron chi connectivity index (χ4n) is 3.77. The maximum absolute atomic E-state index is 11.2. The first kappa shape index (κ1) is 20.2. The second-order valence-corrected chi connectivity index (χ2v) is 7.98. The lowest BCUT2D eigenvalue weighted by molar-refractivity contribution is -0.137. The van der Waals surface area contributed by atoms with Crippen LogP contribution in [-0.2, 0) is 9.63 Å². The summed E-state index contributed by atoms with van der Waals surface area (Å²) in [6.45, 7) is 5.96. The Labute approximate surface area is 151 Å². The van der Waals surface area contributed by atoms with Gasteiger partial charge in [-0.25, -0.2) is 4.99 Å². The molecule has 6 heteroatoms. The van der Waals surface area contributed by atoms with E-state index in [0.29, 0.717) is 18.4 Å². The summed E-state index contributed by atoms with van der Waals surface area (Å²) in [6.07, 6.45) is 9.84. The highest BCUT2D eigenvalue weighted by atomic mass is 16.7. The molecule has 1 fully saturated rings. The first-order chi connectivity index (χ1) is 12.0. The number of aliphatic imine (C=N–C) groups is 1. The van der Waals surface area contributed by atoms with Crippen LogP contribution in [0.15, 0.2) is 4.99 Å². The molecule has 6 nitrogen and oxygen atoms in total. The third kappa shape index (κ3) is 7.74. The maximum atomic E-state index is 11.2. The Morgan fingerprint density at radius 1 is 1.36 bits per heavy atom. The highest BCUT2D eigenvalue weighted by Crippen LogP contribution is 2.29. The van der Waals surface area contributed by atoms with Crippen molar-refractivity contribution in [2.45, 2.75) is 77.8 Å². The van der Waals surface area contributed by atoms with Gasteiger partial charge in [-0.15, -0.1) is 5.48 Å². The van der Waals surface area contributed by atoms with E-state index in [1.807, 2.05) is 0 Å². The quantitative estimate of drug-likeness (QED) is 0.531. The van der Waals surface area contributed by atoms with Crippen LogP contribution in [0.4, 0.5) is 0 Å². The summed E-state index contributed by atoms with van der Waals surface area (Å²) in [5.74, 6) is 1.09. The number of hydrogen-bond acceptors (Lipinski definition) is 5. The van der Waals surface area contributed by atoms with E-state index in [0.717, 1.165) is 25.3 Å². The van der Waals surface area contributed by atoms with Crippen LogP contribution >= 0.6 is 0 Å². The van der Waals surface area contributed by atoms with Crippen LogP contribution in [0, 0.1) is 17.8 Å². The van der Waals surface area contributed by atoms with Crippen LogP contribution < -0.4 is 10.8 Å². The molecule has 25 heavy (non-hydrogen) atoms. The Balaban J connectivity index is 1.78. The summed E-state index contributed by atoms with van der Waals surface area (Å²) in [7, 11) is 0. The summed E-state index contributed by atoms with van der Waals surface area (Å²) < 4.78 is 0. The highest BCUT2D eigenvalue weighted by Gasteiger charge is 2.28. The van der Waals surface area contributed by atoms with Gasteiger partial charge in [-0.1, -0.05) is 58.8 Å². The Hall–Kier alpha value is -1.14. The Bertz CT molecular complexity index is 434. The molecule has 2 aliphatic rings. The minimum Gasteiger partial charge on any atom is -0.481 e. The molecule has 0 bridgehead atoms. The third-order valence-electron chi connectivity index (χ3n) is 5.13. The standard InChI is InChI=1S/C19H35N3O3/c1-14(2)12-20-13-17-21-19(25-22-17)16(11-18(23)24)10-6-9-15-7-4-3-5-8-15/h14-17,20,22H,3-13H2,1-2H3,(H,23,24)/t16-,17?/m1/s1. The zero-order valence-corrected chi connectivity index (χ0v) is 15.8. The van der Waals surface area contributed by atoms with Crippen molar-refractivity contribution >= 4 is 11.9 Å². The zero-order valence-electron chi connectivity index (χ0n) is 15.8. The van der Waals surface area contributed by atoms with Crippen molar-refractivity contribution in [3.63, 3.8) is 0 Å². The second-order valence-electron chi connectivity index (χ2n) is 7.98. The van der Waals surface area contributed by atoms with E-state index >= 15 is 0 Å². The van der Waals surface area contributed by atoms with Gasteiger partial charge in [0.1, 0.15) is 6.17 Å². The lowest BCUT2D eigenvalue weighted by Crippen LogP contribution is -2.35. The lowest BCUT2D eigenvalue weighted by Gasteiger charge is -2.22. The van der Waals surface area contributed by atoms with E-state index in [1.165, 1.54) is 38.5 Å². The molecule has 3 N–H and O–H groups in total. The van der Waals surface area contributed by atoms with Crippen LogP contribution in [0.2, 0.25) is 0 Å². The molecule has 144 valence electrons. The van der Waals surface area contributed by atoms with E-state index in [4.69, 9.17) is 4.84 Å². The molecule has 1 heterocycles. The molecule has 0 aromatic rings. The molecule has 2 rings (SSSR count). The minimum absolute atomic E-state index is 0.0946. The molecule has 1 saturated carbocycles. The van der Waals surface area contributed by atoms with Crippen molar-refractivity contribution < 1.29 is 14.7 Å². The third-order valence-corrected chi connectivity index (χ3v) is 5.13. The van der Waals surface area contributed by atoms with Gasteiger partial charge < -0.3 is 15.3 Å². The summed E-state index contributed by atoms with van der Waals surface area (Å²) in [5.41, 5.74) is 2.91. The van der Waals surface area contributed by atoms with Crippen LogP contribution in [0.25, 0.3) is 0 Å². The van der Waals surface area contributed by atoms with Gasteiger partial charge in [0.2, 0.25) is 5.90 Å². The van der Waals surface area contributed by atoms with Crippen LogP contribution in [0.3, 0.4) is 0 Å². The predicted molar refractivity (Wildman–Crippen MR) is 99.3 cm³/mol. The number of carboxylic acids is 1. The molecule has 2 atom stereocenters. The number of carbonyl (C=O) groups is 1. The Kier molecular flexibility index (Phi) is 8.68. The first-order valence-electron chi connectivity index (χ1n) is 9.97. The van der Waals surface area contributed by atoms with Crippen LogP contribution in [0.5, 0.6) is 0 Å². The second kappa shape index (κ2) is 10.8. The van der Waals surface area contributed by atoms with E-state index in [2.05, 4.69) is 29.6 Å². The van der Waals surface area contributed by atoms with E-state index in [9.17, 15) is 9.90 Å². The van der Waals surface area contributed by atoms with Crippen molar-refractivity contribution in [1.29, 1.82) is 0 Å². The minimum atomic E-state index is -0.782. The normalized spacial score (nSPS) is 22.7. The van der Waals surface area contributed by atoms with Gasteiger partial charge >= 0.3 is 5.97 Å². The lowest BCUT2D eigenvalue weighted by atomic mass is 9.84. The van der Waals surface area contributed by atoms with Gasteiger partial charge in [-0.05, 0) is 24.8 Å². The van der Waals surface area contributed by atoms with Crippen molar-refractivity contribution in [2.75, 3.05) is 13.1 Å². The number of nitrogens with one attached hydrogen (secondary N) is 2. The molecule has 1 aliphatic carbocycles. The number of hydrogen-bond donors (Lipinski definition) is 3. The average Bonchev–Trinajstić information content (AvgIpc) is 3.03.